The van der Waals surface area contributed by atoms with Gasteiger partial charge in [0.25, 0.3) is 0 Å². The summed E-state index contributed by atoms with van der Waals surface area (Å²) in [5, 5.41) is 3.59. The third-order valence-electron chi connectivity index (χ3n) is 5.06. The zero-order valence-corrected chi connectivity index (χ0v) is 13.6. The van der Waals surface area contributed by atoms with E-state index in [2.05, 4.69) is 24.2 Å². The van der Waals surface area contributed by atoms with Gasteiger partial charge in [-0.15, -0.1) is 0 Å². The maximum absolute atomic E-state index is 5.96. The number of piperidine rings is 1. The molecule has 0 radical (unpaired) electrons. The van der Waals surface area contributed by atoms with Gasteiger partial charge < -0.3 is 10.1 Å². The van der Waals surface area contributed by atoms with Crippen LogP contribution in [0.5, 0.6) is 0 Å². The minimum absolute atomic E-state index is 0.479. The molecule has 1 N–H and O–H groups in total. The van der Waals surface area contributed by atoms with Gasteiger partial charge in [-0.05, 0) is 51.6 Å². The van der Waals surface area contributed by atoms with Crippen LogP contribution >= 0.6 is 0 Å². The smallest absolute Gasteiger partial charge is 0.0702 e. The third-order valence-corrected chi connectivity index (χ3v) is 5.06. The van der Waals surface area contributed by atoms with E-state index in [0.29, 0.717) is 12.1 Å². The molecule has 0 bridgehead atoms. The molecule has 0 aromatic rings. The molecular formula is C17H34N2O. The molecule has 2 rings (SSSR count). The second-order valence-corrected chi connectivity index (χ2v) is 6.69. The fraction of sp³-hybridized carbons (Fsp3) is 1.00. The minimum Gasteiger partial charge on any atom is -0.377 e. The van der Waals surface area contributed by atoms with Gasteiger partial charge in [0.05, 0.1) is 6.10 Å². The predicted molar refractivity (Wildman–Crippen MR) is 85.1 cm³/mol. The van der Waals surface area contributed by atoms with E-state index in [1.807, 2.05) is 0 Å². The Morgan fingerprint density at radius 1 is 1.15 bits per heavy atom. The number of hydrogen-bond donors (Lipinski definition) is 1. The van der Waals surface area contributed by atoms with Crippen molar-refractivity contribution in [3.8, 4) is 0 Å². The van der Waals surface area contributed by atoms with Crippen molar-refractivity contribution in [1.82, 2.24) is 10.2 Å². The van der Waals surface area contributed by atoms with E-state index in [4.69, 9.17) is 4.74 Å². The summed E-state index contributed by atoms with van der Waals surface area (Å²) in [5.41, 5.74) is 0. The summed E-state index contributed by atoms with van der Waals surface area (Å²) in [6.07, 6.45) is 11.3. The first-order valence-electron chi connectivity index (χ1n) is 8.84. The Morgan fingerprint density at radius 2 is 1.95 bits per heavy atom. The van der Waals surface area contributed by atoms with Crippen molar-refractivity contribution < 1.29 is 4.74 Å². The van der Waals surface area contributed by atoms with E-state index < -0.39 is 0 Å². The van der Waals surface area contributed by atoms with Crippen LogP contribution in [0.25, 0.3) is 0 Å². The summed E-state index contributed by atoms with van der Waals surface area (Å²) in [7, 11) is 2.15. The van der Waals surface area contributed by atoms with Gasteiger partial charge in [0, 0.05) is 25.7 Å². The highest BCUT2D eigenvalue weighted by Gasteiger charge is 2.27. The number of hydrogen-bond acceptors (Lipinski definition) is 3. The maximum atomic E-state index is 5.96. The molecule has 3 heteroatoms. The number of ether oxygens (including phenoxy) is 1. The molecule has 0 aromatic heterocycles. The number of nitrogens with zero attached hydrogens (tertiary/aromatic N) is 1. The van der Waals surface area contributed by atoms with Crippen LogP contribution in [0.4, 0.5) is 0 Å². The fourth-order valence-electron chi connectivity index (χ4n) is 3.89. The Morgan fingerprint density at radius 3 is 2.65 bits per heavy atom. The van der Waals surface area contributed by atoms with Gasteiger partial charge >= 0.3 is 0 Å². The predicted octanol–water partition coefficient (Wildman–Crippen LogP) is 3.05. The number of rotatable bonds is 7. The Kier molecular flexibility index (Phi) is 7.32. The summed E-state index contributed by atoms with van der Waals surface area (Å²) in [6, 6.07) is 0.681. The van der Waals surface area contributed by atoms with Crippen LogP contribution < -0.4 is 5.32 Å². The van der Waals surface area contributed by atoms with Gasteiger partial charge in [0.2, 0.25) is 0 Å². The molecule has 20 heavy (non-hydrogen) atoms. The largest absolute Gasteiger partial charge is 0.377 e. The van der Waals surface area contributed by atoms with Crippen LogP contribution in [0.15, 0.2) is 0 Å². The molecule has 3 nitrogen and oxygen atoms in total. The first kappa shape index (κ1) is 16.3. The van der Waals surface area contributed by atoms with E-state index in [0.717, 1.165) is 25.5 Å². The van der Waals surface area contributed by atoms with Crippen LogP contribution in [-0.2, 0) is 4.74 Å². The summed E-state index contributed by atoms with van der Waals surface area (Å²) < 4.78 is 5.96. The highest BCUT2D eigenvalue weighted by atomic mass is 16.5. The summed E-state index contributed by atoms with van der Waals surface area (Å²) >= 11 is 0. The molecule has 1 saturated carbocycles. The maximum Gasteiger partial charge on any atom is 0.0702 e. The van der Waals surface area contributed by atoms with Crippen molar-refractivity contribution in [1.29, 1.82) is 0 Å². The van der Waals surface area contributed by atoms with Crippen LogP contribution in [-0.4, -0.2) is 50.3 Å². The molecule has 1 aliphatic heterocycles. The molecule has 2 unspecified atom stereocenters. The lowest BCUT2D eigenvalue weighted by atomic mass is 9.83. The van der Waals surface area contributed by atoms with Gasteiger partial charge in [0.15, 0.2) is 0 Å². The molecule has 0 amide bonds. The lowest BCUT2D eigenvalue weighted by Gasteiger charge is -2.38. The van der Waals surface area contributed by atoms with Crippen LogP contribution in [0.2, 0.25) is 0 Å². The number of nitrogens with one attached hydrogen (secondary N) is 1. The van der Waals surface area contributed by atoms with Crippen LogP contribution in [0.3, 0.4) is 0 Å². The normalized spacial score (nSPS) is 27.6. The molecule has 2 fully saturated rings. The fourth-order valence-corrected chi connectivity index (χ4v) is 3.89. The molecule has 2 aliphatic rings. The second kappa shape index (κ2) is 9.01. The topological polar surface area (TPSA) is 24.5 Å². The second-order valence-electron chi connectivity index (χ2n) is 6.69. The van der Waals surface area contributed by atoms with E-state index >= 15 is 0 Å². The van der Waals surface area contributed by atoms with Gasteiger partial charge in [-0.1, -0.05) is 26.2 Å². The lowest BCUT2D eigenvalue weighted by Crippen LogP contribution is -2.49. The molecule has 1 saturated heterocycles. The highest BCUT2D eigenvalue weighted by molar-refractivity contribution is 4.83. The number of likely N-dealkylation sites (tertiary alicyclic amines) is 1. The molecule has 2 atom stereocenters. The third kappa shape index (κ3) is 5.01. The van der Waals surface area contributed by atoms with Crippen LogP contribution in [0, 0.1) is 5.92 Å². The van der Waals surface area contributed by atoms with Crippen molar-refractivity contribution in [3.05, 3.63) is 0 Å². The molecule has 1 heterocycles. The van der Waals surface area contributed by atoms with Gasteiger partial charge in [-0.2, -0.15) is 0 Å². The average Bonchev–Trinajstić information content (AvgIpc) is 2.52. The van der Waals surface area contributed by atoms with Crippen molar-refractivity contribution in [3.63, 3.8) is 0 Å². The summed E-state index contributed by atoms with van der Waals surface area (Å²) in [5.74, 6) is 0.894. The molecule has 0 spiro atoms. The Labute approximate surface area is 125 Å². The molecule has 0 aromatic carbocycles. The number of likely N-dealkylation sites (N-methyl/N-ethyl adjacent to an activating group) is 1. The Hall–Kier alpha value is -0.120. The summed E-state index contributed by atoms with van der Waals surface area (Å²) in [4.78, 5) is 2.64. The molecule has 1 aliphatic carbocycles. The first-order chi connectivity index (χ1) is 9.83. The van der Waals surface area contributed by atoms with E-state index in [9.17, 15) is 0 Å². The SMILES string of the molecule is CCCOC1CCCN(CC(NC)C2CCCCC2)C1. The van der Waals surface area contributed by atoms with Crippen molar-refractivity contribution >= 4 is 0 Å². The highest BCUT2D eigenvalue weighted by Crippen LogP contribution is 2.27. The van der Waals surface area contributed by atoms with Crippen molar-refractivity contribution in [2.24, 2.45) is 5.92 Å². The van der Waals surface area contributed by atoms with E-state index in [1.54, 1.807) is 0 Å². The van der Waals surface area contributed by atoms with Gasteiger partial charge in [-0.3, -0.25) is 4.90 Å². The Bertz CT molecular complexity index is 253. The van der Waals surface area contributed by atoms with Crippen molar-refractivity contribution in [2.45, 2.75) is 70.4 Å². The molecule has 118 valence electrons. The van der Waals surface area contributed by atoms with Gasteiger partial charge in [-0.25, -0.2) is 0 Å². The standard InChI is InChI=1S/C17H34N2O/c1-3-12-20-16-10-7-11-19(13-16)14-17(18-2)15-8-5-4-6-9-15/h15-18H,3-14H2,1-2H3. The summed E-state index contributed by atoms with van der Waals surface area (Å²) in [6.45, 7) is 6.74. The minimum atomic E-state index is 0.479. The quantitative estimate of drug-likeness (QED) is 0.777. The lowest BCUT2D eigenvalue weighted by molar-refractivity contribution is -0.00435. The van der Waals surface area contributed by atoms with E-state index in [1.165, 1.54) is 58.0 Å². The molecular weight excluding hydrogens is 248 g/mol. The average molecular weight is 282 g/mol. The van der Waals surface area contributed by atoms with Gasteiger partial charge in [0.1, 0.15) is 0 Å². The van der Waals surface area contributed by atoms with E-state index in [-0.39, 0.29) is 0 Å². The van der Waals surface area contributed by atoms with Crippen LogP contribution in [0.1, 0.15) is 58.3 Å². The zero-order valence-electron chi connectivity index (χ0n) is 13.6. The Balaban J connectivity index is 1.77. The van der Waals surface area contributed by atoms with Crippen molar-refractivity contribution in [2.75, 3.05) is 33.3 Å². The first-order valence-corrected chi connectivity index (χ1v) is 8.84. The monoisotopic (exact) mass is 282 g/mol. The zero-order chi connectivity index (χ0) is 14.2.